The Bertz CT molecular complexity index is 627. The summed E-state index contributed by atoms with van der Waals surface area (Å²) in [5.74, 6) is 0. The van der Waals surface area contributed by atoms with Crippen LogP contribution < -0.4 is 15.4 Å². The summed E-state index contributed by atoms with van der Waals surface area (Å²) in [6.07, 6.45) is 10.3. The SMILES string of the molecule is CNSc1ccc(NC2CCCCC2)c(NCc2ccncc2)c1. The number of anilines is 2. The third-order valence-corrected chi connectivity index (χ3v) is 5.10. The third-order valence-electron chi connectivity index (χ3n) is 4.41. The summed E-state index contributed by atoms with van der Waals surface area (Å²) in [5, 5.41) is 7.34. The van der Waals surface area contributed by atoms with Crippen LogP contribution in [0.15, 0.2) is 47.6 Å². The number of nitrogens with zero attached hydrogens (tertiary/aromatic N) is 1. The molecule has 3 N–H and O–H groups in total. The molecule has 0 saturated heterocycles. The standard InChI is InChI=1S/C19H26N4S/c1-20-24-17-7-8-18(23-16-5-3-2-4-6-16)19(13-17)22-14-15-9-11-21-12-10-15/h7-13,16,20,22-23H,2-6,14H2,1H3. The van der Waals surface area contributed by atoms with Gasteiger partial charge in [-0.15, -0.1) is 0 Å². The fourth-order valence-corrected chi connectivity index (χ4v) is 3.69. The molecule has 1 aliphatic carbocycles. The quantitative estimate of drug-likeness (QED) is 0.639. The van der Waals surface area contributed by atoms with E-state index in [1.807, 2.05) is 31.6 Å². The molecular formula is C19H26N4S. The Hall–Kier alpha value is -1.72. The lowest BCUT2D eigenvalue weighted by atomic mass is 9.95. The fourth-order valence-electron chi connectivity index (χ4n) is 3.14. The molecule has 0 aliphatic heterocycles. The maximum absolute atomic E-state index is 4.08. The lowest BCUT2D eigenvalue weighted by Gasteiger charge is -2.25. The molecule has 128 valence electrons. The normalized spacial score (nSPS) is 15.2. The highest BCUT2D eigenvalue weighted by Gasteiger charge is 2.15. The van der Waals surface area contributed by atoms with Crippen molar-refractivity contribution in [1.29, 1.82) is 0 Å². The van der Waals surface area contributed by atoms with Gasteiger partial charge in [-0.05, 0) is 67.7 Å². The zero-order valence-electron chi connectivity index (χ0n) is 14.2. The van der Waals surface area contributed by atoms with Crippen LogP contribution in [0, 0.1) is 0 Å². The Morgan fingerprint density at radius 1 is 1.04 bits per heavy atom. The zero-order chi connectivity index (χ0) is 16.6. The van der Waals surface area contributed by atoms with E-state index in [1.54, 1.807) is 11.9 Å². The Balaban J connectivity index is 1.73. The first-order chi connectivity index (χ1) is 11.8. The number of rotatable bonds is 7. The van der Waals surface area contributed by atoms with Gasteiger partial charge in [-0.2, -0.15) is 0 Å². The van der Waals surface area contributed by atoms with Gasteiger partial charge in [0, 0.05) is 29.9 Å². The molecule has 1 fully saturated rings. The number of nitrogens with one attached hydrogen (secondary N) is 3. The largest absolute Gasteiger partial charge is 0.381 e. The second-order valence-electron chi connectivity index (χ2n) is 6.20. The first-order valence-corrected chi connectivity index (χ1v) is 9.54. The minimum atomic E-state index is 0.600. The number of hydrogen-bond donors (Lipinski definition) is 3. The summed E-state index contributed by atoms with van der Waals surface area (Å²) < 4.78 is 3.15. The van der Waals surface area contributed by atoms with Crippen LogP contribution >= 0.6 is 11.9 Å². The van der Waals surface area contributed by atoms with Gasteiger partial charge in [-0.1, -0.05) is 19.3 Å². The molecule has 0 spiro atoms. The van der Waals surface area contributed by atoms with Gasteiger partial charge in [0.25, 0.3) is 0 Å². The van der Waals surface area contributed by atoms with E-state index in [-0.39, 0.29) is 0 Å². The van der Waals surface area contributed by atoms with Crippen molar-refractivity contribution in [3.8, 4) is 0 Å². The molecule has 0 bridgehead atoms. The van der Waals surface area contributed by atoms with E-state index in [0.717, 1.165) is 12.2 Å². The second-order valence-corrected chi connectivity index (χ2v) is 7.29. The monoisotopic (exact) mass is 342 g/mol. The third kappa shape index (κ3) is 4.89. The fraction of sp³-hybridized carbons (Fsp3) is 0.421. The molecule has 0 radical (unpaired) electrons. The molecule has 1 heterocycles. The number of aromatic nitrogens is 1. The smallest absolute Gasteiger partial charge is 0.0590 e. The number of hydrogen-bond acceptors (Lipinski definition) is 5. The highest BCUT2D eigenvalue weighted by molar-refractivity contribution is 7.97. The first-order valence-electron chi connectivity index (χ1n) is 8.72. The van der Waals surface area contributed by atoms with Crippen LogP contribution in [0.2, 0.25) is 0 Å². The van der Waals surface area contributed by atoms with Gasteiger partial charge < -0.3 is 10.6 Å². The van der Waals surface area contributed by atoms with Gasteiger partial charge in [0.2, 0.25) is 0 Å². The summed E-state index contributed by atoms with van der Waals surface area (Å²) in [5.41, 5.74) is 3.61. The van der Waals surface area contributed by atoms with E-state index in [4.69, 9.17) is 0 Å². The van der Waals surface area contributed by atoms with Crippen LogP contribution in [0.25, 0.3) is 0 Å². The van der Waals surface area contributed by atoms with Gasteiger partial charge in [-0.3, -0.25) is 9.71 Å². The average molecular weight is 343 g/mol. The summed E-state index contributed by atoms with van der Waals surface area (Å²) >= 11 is 1.64. The van der Waals surface area contributed by atoms with E-state index in [0.29, 0.717) is 6.04 Å². The molecule has 2 aromatic rings. The molecule has 1 aromatic heterocycles. The Kier molecular flexibility index (Phi) is 6.38. The molecule has 0 atom stereocenters. The Morgan fingerprint density at radius 2 is 1.83 bits per heavy atom. The van der Waals surface area contributed by atoms with Crippen LogP contribution in [0.1, 0.15) is 37.7 Å². The van der Waals surface area contributed by atoms with Crippen molar-refractivity contribution >= 4 is 23.3 Å². The molecule has 3 rings (SSSR count). The number of benzene rings is 1. The van der Waals surface area contributed by atoms with Crippen molar-refractivity contribution < 1.29 is 0 Å². The highest BCUT2D eigenvalue weighted by atomic mass is 32.2. The summed E-state index contributed by atoms with van der Waals surface area (Å²) in [6, 6.07) is 11.3. The summed E-state index contributed by atoms with van der Waals surface area (Å²) in [4.78, 5) is 5.29. The highest BCUT2D eigenvalue weighted by Crippen LogP contribution is 2.30. The van der Waals surface area contributed by atoms with Crippen molar-refractivity contribution in [3.63, 3.8) is 0 Å². The van der Waals surface area contributed by atoms with Gasteiger partial charge in [0.1, 0.15) is 0 Å². The van der Waals surface area contributed by atoms with Crippen molar-refractivity contribution in [3.05, 3.63) is 48.3 Å². The van der Waals surface area contributed by atoms with E-state index >= 15 is 0 Å². The maximum Gasteiger partial charge on any atom is 0.0590 e. The van der Waals surface area contributed by atoms with Crippen molar-refractivity contribution in [2.75, 3.05) is 17.7 Å². The first kappa shape index (κ1) is 17.1. The predicted molar refractivity (Wildman–Crippen MR) is 103 cm³/mol. The molecule has 24 heavy (non-hydrogen) atoms. The number of pyridine rings is 1. The lowest BCUT2D eigenvalue weighted by molar-refractivity contribution is 0.463. The molecule has 1 aromatic carbocycles. The molecular weight excluding hydrogens is 316 g/mol. The summed E-state index contributed by atoms with van der Waals surface area (Å²) in [6.45, 7) is 0.801. The van der Waals surface area contributed by atoms with Gasteiger partial charge in [0.15, 0.2) is 0 Å². The van der Waals surface area contributed by atoms with Crippen LogP contribution in [-0.4, -0.2) is 18.1 Å². The van der Waals surface area contributed by atoms with E-state index in [9.17, 15) is 0 Å². The van der Waals surface area contributed by atoms with E-state index < -0.39 is 0 Å². The molecule has 5 heteroatoms. The van der Waals surface area contributed by atoms with Crippen molar-refractivity contribution in [1.82, 2.24) is 9.71 Å². The van der Waals surface area contributed by atoms with Crippen LogP contribution in [-0.2, 0) is 6.54 Å². The molecule has 4 nitrogen and oxygen atoms in total. The summed E-state index contributed by atoms with van der Waals surface area (Å²) in [7, 11) is 1.95. The second kappa shape index (κ2) is 8.94. The molecule has 1 aliphatic rings. The Labute approximate surface area is 149 Å². The minimum absolute atomic E-state index is 0.600. The predicted octanol–water partition coefficient (Wildman–Crippen LogP) is 4.66. The van der Waals surface area contributed by atoms with Crippen LogP contribution in [0.4, 0.5) is 11.4 Å². The molecule has 1 saturated carbocycles. The zero-order valence-corrected chi connectivity index (χ0v) is 15.0. The molecule has 0 unspecified atom stereocenters. The van der Waals surface area contributed by atoms with Crippen molar-refractivity contribution in [2.45, 2.75) is 49.6 Å². The topological polar surface area (TPSA) is 49.0 Å². The van der Waals surface area contributed by atoms with Gasteiger partial charge >= 0.3 is 0 Å². The maximum atomic E-state index is 4.08. The van der Waals surface area contributed by atoms with Crippen molar-refractivity contribution in [2.24, 2.45) is 0 Å². The Morgan fingerprint density at radius 3 is 2.58 bits per heavy atom. The van der Waals surface area contributed by atoms with Crippen LogP contribution in [0.3, 0.4) is 0 Å². The minimum Gasteiger partial charge on any atom is -0.381 e. The van der Waals surface area contributed by atoms with Crippen LogP contribution in [0.5, 0.6) is 0 Å². The van der Waals surface area contributed by atoms with Gasteiger partial charge in [-0.25, -0.2) is 0 Å². The van der Waals surface area contributed by atoms with E-state index in [1.165, 1.54) is 48.3 Å². The lowest BCUT2D eigenvalue weighted by Crippen LogP contribution is -2.22. The van der Waals surface area contributed by atoms with Gasteiger partial charge in [0.05, 0.1) is 11.4 Å². The van der Waals surface area contributed by atoms with E-state index in [2.05, 4.69) is 38.5 Å². The average Bonchev–Trinajstić information content (AvgIpc) is 2.64. The molecule has 0 amide bonds.